The molecule has 1 aliphatic carbocycles. The molecule has 112 valence electrons. The van der Waals surface area contributed by atoms with E-state index in [-0.39, 0.29) is 24.4 Å². The van der Waals surface area contributed by atoms with E-state index in [1.807, 2.05) is 42.5 Å². The lowest BCUT2D eigenvalue weighted by molar-refractivity contribution is 0.0927. The Hall–Kier alpha value is -1.58. The molecule has 1 saturated carbocycles. The highest BCUT2D eigenvalue weighted by Crippen LogP contribution is 2.21. The minimum atomic E-state index is 0. The molecule has 1 aliphatic rings. The van der Waals surface area contributed by atoms with Gasteiger partial charge in [-0.1, -0.05) is 36.4 Å². The van der Waals surface area contributed by atoms with E-state index in [4.69, 9.17) is 5.73 Å². The van der Waals surface area contributed by atoms with Crippen LogP contribution in [0, 0.1) is 0 Å². The lowest BCUT2D eigenvalue weighted by atomic mass is 9.91. The monoisotopic (exact) mass is 304 g/mol. The molecule has 21 heavy (non-hydrogen) atoms. The summed E-state index contributed by atoms with van der Waals surface area (Å²) < 4.78 is 0. The third kappa shape index (κ3) is 3.55. The third-order valence-corrected chi connectivity index (χ3v) is 4.14. The van der Waals surface area contributed by atoms with Gasteiger partial charge in [-0.2, -0.15) is 0 Å². The highest BCUT2D eigenvalue weighted by atomic mass is 35.5. The van der Waals surface area contributed by atoms with Gasteiger partial charge in [0.25, 0.3) is 5.91 Å². The van der Waals surface area contributed by atoms with E-state index in [0.717, 1.165) is 42.0 Å². The quantitative estimate of drug-likeness (QED) is 0.894. The molecule has 0 aromatic heterocycles. The summed E-state index contributed by atoms with van der Waals surface area (Å²) in [4.78, 5) is 12.5. The first-order valence-electron chi connectivity index (χ1n) is 7.28. The van der Waals surface area contributed by atoms with Gasteiger partial charge in [-0.3, -0.25) is 4.79 Å². The van der Waals surface area contributed by atoms with E-state index in [1.165, 1.54) is 0 Å². The lowest BCUT2D eigenvalue weighted by Gasteiger charge is -2.27. The van der Waals surface area contributed by atoms with Crippen molar-refractivity contribution in [2.24, 2.45) is 5.73 Å². The minimum Gasteiger partial charge on any atom is -0.349 e. The molecule has 0 saturated heterocycles. The standard InChI is InChI=1S/C17H20N2O.ClH/c18-13-8-10-14(11-9-13)19-17(20)16-7-3-5-12-4-1-2-6-15(12)16;/h1-7,13-14H,8-11,18H2,(H,19,20);1H. The summed E-state index contributed by atoms with van der Waals surface area (Å²) in [5.74, 6) is 0.0299. The van der Waals surface area contributed by atoms with Crippen LogP contribution in [-0.4, -0.2) is 18.0 Å². The van der Waals surface area contributed by atoms with Crippen LogP contribution in [0.2, 0.25) is 0 Å². The van der Waals surface area contributed by atoms with Crippen LogP contribution in [0.1, 0.15) is 36.0 Å². The fraction of sp³-hybridized carbons (Fsp3) is 0.353. The first-order valence-corrected chi connectivity index (χ1v) is 7.28. The van der Waals surface area contributed by atoms with Gasteiger partial charge in [0.1, 0.15) is 0 Å². The van der Waals surface area contributed by atoms with Gasteiger partial charge in [0.05, 0.1) is 0 Å². The second-order valence-electron chi connectivity index (χ2n) is 5.61. The van der Waals surface area contributed by atoms with Crippen molar-refractivity contribution in [2.75, 3.05) is 0 Å². The van der Waals surface area contributed by atoms with Crippen LogP contribution in [0.25, 0.3) is 10.8 Å². The van der Waals surface area contributed by atoms with Crippen molar-refractivity contribution in [2.45, 2.75) is 37.8 Å². The Morgan fingerprint density at radius 3 is 2.43 bits per heavy atom. The first kappa shape index (κ1) is 15.8. The average Bonchev–Trinajstić information content (AvgIpc) is 2.49. The molecule has 1 amide bonds. The van der Waals surface area contributed by atoms with E-state index in [0.29, 0.717) is 6.04 Å². The third-order valence-electron chi connectivity index (χ3n) is 4.14. The molecule has 2 aromatic carbocycles. The number of carbonyl (C=O) groups is 1. The Balaban J connectivity index is 0.00000161. The molecule has 0 unspecified atom stereocenters. The van der Waals surface area contributed by atoms with Crippen LogP contribution in [0.3, 0.4) is 0 Å². The zero-order chi connectivity index (χ0) is 13.9. The maximum atomic E-state index is 12.5. The van der Waals surface area contributed by atoms with Crippen molar-refractivity contribution in [3.63, 3.8) is 0 Å². The van der Waals surface area contributed by atoms with Crippen molar-refractivity contribution >= 4 is 29.1 Å². The fourth-order valence-electron chi connectivity index (χ4n) is 2.95. The lowest BCUT2D eigenvalue weighted by Crippen LogP contribution is -2.40. The molecule has 4 heteroatoms. The van der Waals surface area contributed by atoms with Crippen molar-refractivity contribution in [3.05, 3.63) is 48.0 Å². The molecule has 0 aliphatic heterocycles. The van der Waals surface area contributed by atoms with Crippen molar-refractivity contribution in [1.82, 2.24) is 5.32 Å². The molecule has 1 fully saturated rings. The number of hydrogen-bond acceptors (Lipinski definition) is 2. The number of hydrogen-bond donors (Lipinski definition) is 2. The van der Waals surface area contributed by atoms with Crippen LogP contribution in [0.15, 0.2) is 42.5 Å². The Morgan fingerprint density at radius 2 is 1.67 bits per heavy atom. The largest absolute Gasteiger partial charge is 0.349 e. The van der Waals surface area contributed by atoms with E-state index in [9.17, 15) is 4.79 Å². The molecule has 0 heterocycles. The minimum absolute atomic E-state index is 0. The summed E-state index contributed by atoms with van der Waals surface area (Å²) in [6.07, 6.45) is 3.97. The number of carbonyl (C=O) groups excluding carboxylic acids is 1. The Labute approximate surface area is 131 Å². The Morgan fingerprint density at radius 1 is 1.00 bits per heavy atom. The molecular formula is C17H21ClN2O. The summed E-state index contributed by atoms with van der Waals surface area (Å²) >= 11 is 0. The van der Waals surface area contributed by atoms with Gasteiger partial charge in [0, 0.05) is 17.6 Å². The number of nitrogens with one attached hydrogen (secondary N) is 1. The van der Waals surface area contributed by atoms with Crippen molar-refractivity contribution < 1.29 is 4.79 Å². The first-order chi connectivity index (χ1) is 9.74. The molecular weight excluding hydrogens is 284 g/mol. The second kappa shape index (κ2) is 6.92. The summed E-state index contributed by atoms with van der Waals surface area (Å²) in [7, 11) is 0. The molecule has 0 atom stereocenters. The van der Waals surface area contributed by atoms with Gasteiger partial charge in [-0.15, -0.1) is 12.4 Å². The highest BCUT2D eigenvalue weighted by molar-refractivity contribution is 6.07. The van der Waals surface area contributed by atoms with Crippen LogP contribution >= 0.6 is 12.4 Å². The van der Waals surface area contributed by atoms with E-state index in [2.05, 4.69) is 5.32 Å². The summed E-state index contributed by atoms with van der Waals surface area (Å²) in [5, 5.41) is 5.27. The zero-order valence-electron chi connectivity index (χ0n) is 11.9. The maximum absolute atomic E-state index is 12.5. The molecule has 2 aromatic rings. The van der Waals surface area contributed by atoms with Gasteiger partial charge in [0.15, 0.2) is 0 Å². The smallest absolute Gasteiger partial charge is 0.252 e. The van der Waals surface area contributed by atoms with Crippen LogP contribution in [0.4, 0.5) is 0 Å². The van der Waals surface area contributed by atoms with Gasteiger partial charge >= 0.3 is 0 Å². The van der Waals surface area contributed by atoms with Crippen molar-refractivity contribution in [3.8, 4) is 0 Å². The Kier molecular flexibility index (Phi) is 5.21. The average molecular weight is 305 g/mol. The number of fused-ring (bicyclic) bond motifs is 1. The van der Waals surface area contributed by atoms with Gasteiger partial charge in [-0.05, 0) is 42.5 Å². The molecule has 3 N–H and O–H groups in total. The Bertz CT molecular complexity index is 616. The predicted molar refractivity (Wildman–Crippen MR) is 88.9 cm³/mol. The summed E-state index contributed by atoms with van der Waals surface area (Å²) in [5.41, 5.74) is 6.66. The van der Waals surface area contributed by atoms with E-state index in [1.54, 1.807) is 0 Å². The van der Waals surface area contributed by atoms with Crippen LogP contribution in [0.5, 0.6) is 0 Å². The predicted octanol–water partition coefficient (Wildman–Crippen LogP) is 3.26. The number of benzene rings is 2. The van der Waals surface area contributed by atoms with Crippen LogP contribution < -0.4 is 11.1 Å². The zero-order valence-corrected chi connectivity index (χ0v) is 12.7. The van der Waals surface area contributed by atoms with Gasteiger partial charge < -0.3 is 11.1 Å². The number of nitrogens with two attached hydrogens (primary N) is 1. The van der Waals surface area contributed by atoms with Crippen molar-refractivity contribution in [1.29, 1.82) is 0 Å². The van der Waals surface area contributed by atoms with E-state index < -0.39 is 0 Å². The molecule has 0 bridgehead atoms. The number of halogens is 1. The van der Waals surface area contributed by atoms with Crippen LogP contribution in [-0.2, 0) is 0 Å². The van der Waals surface area contributed by atoms with E-state index >= 15 is 0 Å². The van der Waals surface area contributed by atoms with Gasteiger partial charge in [0.2, 0.25) is 0 Å². The molecule has 3 nitrogen and oxygen atoms in total. The molecule has 0 radical (unpaired) electrons. The van der Waals surface area contributed by atoms with Gasteiger partial charge in [-0.25, -0.2) is 0 Å². The summed E-state index contributed by atoms with van der Waals surface area (Å²) in [6.45, 7) is 0. The maximum Gasteiger partial charge on any atom is 0.252 e. The SMILES string of the molecule is Cl.NC1CCC(NC(=O)c2cccc3ccccc23)CC1. The molecule has 0 spiro atoms. The highest BCUT2D eigenvalue weighted by Gasteiger charge is 2.21. The number of rotatable bonds is 2. The second-order valence-corrected chi connectivity index (χ2v) is 5.61. The number of amides is 1. The normalized spacial score (nSPS) is 21.6. The topological polar surface area (TPSA) is 55.1 Å². The molecule has 3 rings (SSSR count). The fourth-order valence-corrected chi connectivity index (χ4v) is 2.95. The summed E-state index contributed by atoms with van der Waals surface area (Å²) in [6, 6.07) is 14.4.